The molecule has 0 unspecified atom stereocenters. The number of aromatic amines is 2. The van der Waals surface area contributed by atoms with Crippen molar-refractivity contribution in [1.82, 2.24) is 35.1 Å². The molecule has 2 N–H and O–H groups in total. The van der Waals surface area contributed by atoms with E-state index in [-0.39, 0.29) is 5.82 Å². The predicted molar refractivity (Wildman–Crippen MR) is 116 cm³/mol. The summed E-state index contributed by atoms with van der Waals surface area (Å²) in [6, 6.07) is 5.40. The average molecular weight is 414 g/mol. The smallest absolute Gasteiger partial charge is 0.159 e. The summed E-state index contributed by atoms with van der Waals surface area (Å²) in [4.78, 5) is 23.0. The highest BCUT2D eigenvalue weighted by Crippen LogP contribution is 2.34. The summed E-state index contributed by atoms with van der Waals surface area (Å²) in [5.41, 5.74) is 3.70. The van der Waals surface area contributed by atoms with Crippen molar-refractivity contribution in [3.8, 4) is 22.6 Å². The van der Waals surface area contributed by atoms with E-state index in [1.807, 2.05) is 6.07 Å². The van der Waals surface area contributed by atoms with Crippen molar-refractivity contribution in [1.29, 1.82) is 0 Å². The van der Waals surface area contributed by atoms with Gasteiger partial charge in [-0.3, -0.25) is 5.10 Å². The van der Waals surface area contributed by atoms with Gasteiger partial charge in [0.2, 0.25) is 0 Å². The maximum Gasteiger partial charge on any atom is 0.159 e. The maximum atomic E-state index is 15.6. The van der Waals surface area contributed by atoms with Gasteiger partial charge in [-0.1, -0.05) is 0 Å². The van der Waals surface area contributed by atoms with E-state index in [1.165, 1.54) is 12.7 Å². The van der Waals surface area contributed by atoms with Crippen LogP contribution < -0.4 is 4.90 Å². The highest BCUT2D eigenvalue weighted by molar-refractivity contribution is 5.97. The minimum absolute atomic E-state index is 0.382. The van der Waals surface area contributed by atoms with Crippen LogP contribution in [0.5, 0.6) is 0 Å². The molecule has 8 nitrogen and oxygen atoms in total. The predicted octanol–water partition coefficient (Wildman–Crippen LogP) is 4.09. The molecule has 0 spiro atoms. The van der Waals surface area contributed by atoms with Crippen LogP contribution in [0.3, 0.4) is 0 Å². The number of nitrogens with zero attached hydrogens (tertiary/aromatic N) is 6. The Morgan fingerprint density at radius 3 is 2.65 bits per heavy atom. The van der Waals surface area contributed by atoms with Gasteiger partial charge in [0.25, 0.3) is 0 Å². The number of aromatic nitrogens is 7. The summed E-state index contributed by atoms with van der Waals surface area (Å²) in [7, 11) is 0. The van der Waals surface area contributed by atoms with Gasteiger partial charge >= 0.3 is 0 Å². The number of H-pyrrole nitrogens is 2. The molecule has 1 aliphatic heterocycles. The molecule has 0 saturated carbocycles. The zero-order valence-corrected chi connectivity index (χ0v) is 16.6. The summed E-state index contributed by atoms with van der Waals surface area (Å²) >= 11 is 0. The van der Waals surface area contributed by atoms with Crippen molar-refractivity contribution >= 4 is 27.8 Å². The van der Waals surface area contributed by atoms with Crippen molar-refractivity contribution in [2.45, 2.75) is 19.3 Å². The van der Waals surface area contributed by atoms with E-state index in [4.69, 9.17) is 4.98 Å². The Labute approximate surface area is 176 Å². The van der Waals surface area contributed by atoms with E-state index >= 15 is 4.39 Å². The number of hydrogen-bond donors (Lipinski definition) is 2. The molecule has 0 bridgehead atoms. The number of piperidine rings is 1. The molecule has 1 aliphatic rings. The number of rotatable bonds is 3. The fourth-order valence-corrected chi connectivity index (χ4v) is 4.28. The molecule has 4 aromatic heterocycles. The van der Waals surface area contributed by atoms with Gasteiger partial charge in [0, 0.05) is 42.8 Å². The summed E-state index contributed by atoms with van der Waals surface area (Å²) in [5, 5.41) is 7.68. The summed E-state index contributed by atoms with van der Waals surface area (Å²) in [6.07, 6.45) is 9.93. The van der Waals surface area contributed by atoms with Gasteiger partial charge in [-0.2, -0.15) is 5.10 Å². The monoisotopic (exact) mass is 414 g/mol. The minimum Gasteiger partial charge on any atom is -0.355 e. The second-order valence-corrected chi connectivity index (χ2v) is 7.71. The quantitative estimate of drug-likeness (QED) is 0.461. The second-order valence-electron chi connectivity index (χ2n) is 7.71. The highest BCUT2D eigenvalue weighted by atomic mass is 19.1. The zero-order chi connectivity index (χ0) is 20.8. The van der Waals surface area contributed by atoms with Gasteiger partial charge in [0.05, 0.1) is 16.4 Å². The molecule has 1 saturated heterocycles. The Balaban J connectivity index is 1.51. The van der Waals surface area contributed by atoms with E-state index < -0.39 is 0 Å². The highest BCUT2D eigenvalue weighted by Gasteiger charge is 2.22. The van der Waals surface area contributed by atoms with Crippen LogP contribution in [0.4, 0.5) is 10.2 Å². The number of nitrogens with one attached hydrogen (secondary N) is 2. The molecule has 0 atom stereocenters. The Morgan fingerprint density at radius 2 is 1.81 bits per heavy atom. The number of pyridine rings is 1. The molecular weight excluding hydrogens is 395 g/mol. The summed E-state index contributed by atoms with van der Waals surface area (Å²) in [6.45, 7) is 1.94. The topological polar surface area (TPSA) is 99.3 Å². The molecule has 0 radical (unpaired) electrons. The normalized spacial score (nSPS) is 14.5. The second kappa shape index (κ2) is 7.12. The van der Waals surface area contributed by atoms with Crippen molar-refractivity contribution in [2.24, 2.45) is 0 Å². The largest absolute Gasteiger partial charge is 0.355 e. The number of anilines is 1. The Bertz CT molecular complexity index is 1390. The molecule has 1 aromatic carbocycles. The molecule has 31 heavy (non-hydrogen) atoms. The van der Waals surface area contributed by atoms with Crippen LogP contribution in [0, 0.1) is 5.82 Å². The lowest BCUT2D eigenvalue weighted by atomic mass is 10.0. The van der Waals surface area contributed by atoms with Crippen molar-refractivity contribution in [2.75, 3.05) is 18.0 Å². The van der Waals surface area contributed by atoms with Gasteiger partial charge in [-0.15, -0.1) is 0 Å². The third kappa shape index (κ3) is 2.92. The summed E-state index contributed by atoms with van der Waals surface area (Å²) < 4.78 is 15.6. The molecule has 154 valence electrons. The number of halogens is 1. The van der Waals surface area contributed by atoms with Crippen molar-refractivity contribution < 1.29 is 4.39 Å². The van der Waals surface area contributed by atoms with Crippen molar-refractivity contribution in [3.63, 3.8) is 0 Å². The first kappa shape index (κ1) is 17.9. The number of hydrogen-bond acceptors (Lipinski definition) is 6. The standard InChI is InChI=1S/C22H19FN8/c23-18-14(13-10-24-12-25-11-13)4-5-15-17(18)20(30-29-15)21-27-16-6-7-26-22(19(16)28-21)31-8-2-1-3-9-31/h4-7,10-12H,1-3,8-9H2,(H,27,28)(H,29,30). The van der Waals surface area contributed by atoms with Gasteiger partial charge < -0.3 is 9.88 Å². The molecular formula is C22H19FN8. The van der Waals surface area contributed by atoms with Crippen LogP contribution in [0.25, 0.3) is 44.6 Å². The van der Waals surface area contributed by atoms with E-state index in [9.17, 15) is 0 Å². The maximum absolute atomic E-state index is 15.6. The van der Waals surface area contributed by atoms with E-state index in [0.29, 0.717) is 33.5 Å². The van der Waals surface area contributed by atoms with Crippen LogP contribution in [-0.4, -0.2) is 48.2 Å². The first-order valence-corrected chi connectivity index (χ1v) is 10.3. The Kier molecular flexibility index (Phi) is 4.12. The lowest BCUT2D eigenvalue weighted by Gasteiger charge is -2.27. The van der Waals surface area contributed by atoms with Gasteiger partial charge in [-0.05, 0) is 37.5 Å². The lowest BCUT2D eigenvalue weighted by Crippen LogP contribution is -2.30. The van der Waals surface area contributed by atoms with Gasteiger partial charge in [-0.25, -0.2) is 24.3 Å². The molecule has 6 rings (SSSR count). The van der Waals surface area contributed by atoms with Gasteiger partial charge in [0.1, 0.15) is 23.4 Å². The Hall–Kier alpha value is -3.88. The van der Waals surface area contributed by atoms with Crippen LogP contribution in [-0.2, 0) is 0 Å². The third-order valence-corrected chi connectivity index (χ3v) is 5.80. The molecule has 0 aliphatic carbocycles. The molecule has 9 heteroatoms. The van der Waals surface area contributed by atoms with Crippen LogP contribution in [0.1, 0.15) is 19.3 Å². The van der Waals surface area contributed by atoms with Gasteiger partial charge in [0.15, 0.2) is 11.6 Å². The van der Waals surface area contributed by atoms with Crippen LogP contribution in [0.2, 0.25) is 0 Å². The zero-order valence-electron chi connectivity index (χ0n) is 16.6. The molecule has 1 fully saturated rings. The SMILES string of the molecule is Fc1c(-c2cncnc2)ccc2[nH]nc(-c3nc4c(N5CCCCC5)nccc4[nH]3)c12. The first-order valence-electron chi connectivity index (χ1n) is 10.3. The molecule has 5 aromatic rings. The van der Waals surface area contributed by atoms with E-state index in [1.54, 1.807) is 30.7 Å². The Morgan fingerprint density at radius 1 is 0.968 bits per heavy atom. The average Bonchev–Trinajstić information content (AvgIpc) is 3.45. The molecule has 5 heterocycles. The fraction of sp³-hybridized carbons (Fsp3) is 0.227. The summed E-state index contributed by atoms with van der Waals surface area (Å²) in [5.74, 6) is 0.987. The van der Waals surface area contributed by atoms with E-state index in [2.05, 4.69) is 35.0 Å². The number of fused-ring (bicyclic) bond motifs is 2. The number of benzene rings is 1. The van der Waals surface area contributed by atoms with Crippen LogP contribution in [0.15, 0.2) is 43.1 Å². The van der Waals surface area contributed by atoms with E-state index in [0.717, 1.165) is 42.8 Å². The number of imidazole rings is 1. The fourth-order valence-electron chi connectivity index (χ4n) is 4.28. The minimum atomic E-state index is -0.383. The van der Waals surface area contributed by atoms with Crippen LogP contribution >= 0.6 is 0 Å². The van der Waals surface area contributed by atoms with Crippen molar-refractivity contribution in [3.05, 3.63) is 48.9 Å². The lowest BCUT2D eigenvalue weighted by molar-refractivity contribution is 0.574. The third-order valence-electron chi connectivity index (χ3n) is 5.80. The first-order chi connectivity index (χ1) is 15.3. The molecule has 0 amide bonds.